The molecule has 0 saturated heterocycles. The monoisotopic (exact) mass is 355 g/mol. The average molecular weight is 356 g/mol. The van der Waals surface area contributed by atoms with E-state index in [4.69, 9.17) is 16.3 Å². The Bertz CT molecular complexity index is 893. The number of methoxy groups -OCH3 is 1. The number of hydrogen-bond donors (Lipinski definition) is 1. The molecule has 1 heterocycles. The summed E-state index contributed by atoms with van der Waals surface area (Å²) in [5, 5.41) is 9.32. The van der Waals surface area contributed by atoms with Crippen LogP contribution in [0.1, 0.15) is 16.1 Å². The summed E-state index contributed by atoms with van der Waals surface area (Å²) in [5.41, 5.74) is 1.31. The largest absolute Gasteiger partial charge is 0.496 e. The third kappa shape index (κ3) is 3.46. The maximum Gasteiger partial charge on any atom is 0.337 e. The lowest BCUT2D eigenvalue weighted by molar-refractivity contribution is 0.0697. The van der Waals surface area contributed by atoms with Gasteiger partial charge in [-0.15, -0.1) is 0 Å². The molecule has 0 unspecified atom stereocenters. The summed E-state index contributed by atoms with van der Waals surface area (Å²) in [5.74, 6) is -0.944. The molecule has 0 fully saturated rings. The molecule has 2 rings (SSSR count). The minimum Gasteiger partial charge on any atom is -0.496 e. The molecule has 0 atom stereocenters. The number of halogens is 1. The van der Waals surface area contributed by atoms with E-state index < -0.39 is 15.8 Å². The van der Waals surface area contributed by atoms with Gasteiger partial charge in [-0.3, -0.25) is 4.98 Å². The van der Waals surface area contributed by atoms with Crippen molar-refractivity contribution in [2.45, 2.75) is 11.8 Å². The first-order valence-corrected chi connectivity index (χ1v) is 8.70. The summed E-state index contributed by atoms with van der Waals surface area (Å²) in [6, 6.07) is 4.25. The summed E-state index contributed by atoms with van der Waals surface area (Å²) in [7, 11) is -2.17. The molecule has 0 aliphatic carbocycles. The van der Waals surface area contributed by atoms with Crippen LogP contribution in [-0.4, -0.2) is 37.8 Å². The van der Waals surface area contributed by atoms with Gasteiger partial charge < -0.3 is 9.84 Å². The Morgan fingerprint density at radius 3 is 2.43 bits per heavy atom. The first-order valence-electron chi connectivity index (χ1n) is 6.43. The van der Waals surface area contributed by atoms with Crippen molar-refractivity contribution in [2.75, 3.05) is 13.4 Å². The summed E-state index contributed by atoms with van der Waals surface area (Å²) in [6.45, 7) is 1.72. The Labute approximate surface area is 138 Å². The molecule has 122 valence electrons. The number of rotatable bonds is 4. The van der Waals surface area contributed by atoms with Gasteiger partial charge in [0.05, 0.1) is 22.6 Å². The standard InChI is InChI=1S/C15H14ClNO5S/c1-8-4-9(11(7-17-8)15(18)19)10-5-12(16)14(23(3,20)21)6-13(10)22-2/h4-7H,1-3H3,(H,18,19). The molecule has 0 bridgehead atoms. The van der Waals surface area contributed by atoms with Gasteiger partial charge in [-0.1, -0.05) is 11.6 Å². The molecule has 0 spiro atoms. The number of aromatic carboxylic acids is 1. The lowest BCUT2D eigenvalue weighted by atomic mass is 9.99. The van der Waals surface area contributed by atoms with E-state index >= 15 is 0 Å². The Balaban J connectivity index is 2.82. The van der Waals surface area contributed by atoms with Crippen molar-refractivity contribution >= 4 is 27.4 Å². The fraction of sp³-hybridized carbons (Fsp3) is 0.200. The van der Waals surface area contributed by atoms with E-state index in [0.717, 1.165) is 6.26 Å². The van der Waals surface area contributed by atoms with Crippen molar-refractivity contribution in [3.05, 3.63) is 40.7 Å². The summed E-state index contributed by atoms with van der Waals surface area (Å²) < 4.78 is 28.7. The Kier molecular flexibility index (Phi) is 4.63. The number of aromatic nitrogens is 1. The fourth-order valence-corrected chi connectivity index (χ4v) is 3.47. The number of carboxylic acid groups (broad SMARTS) is 1. The molecule has 1 aromatic carbocycles. The second kappa shape index (κ2) is 6.17. The third-order valence-corrected chi connectivity index (χ3v) is 4.78. The zero-order valence-electron chi connectivity index (χ0n) is 12.6. The minimum absolute atomic E-state index is 0.00546. The number of aryl methyl sites for hydroxylation is 1. The fourth-order valence-electron chi connectivity index (χ4n) is 2.15. The molecule has 6 nitrogen and oxygen atoms in total. The molecule has 0 amide bonds. The molecule has 2 aromatic rings. The molecule has 1 aromatic heterocycles. The van der Waals surface area contributed by atoms with E-state index in [0.29, 0.717) is 16.8 Å². The number of carbonyl (C=O) groups is 1. The van der Waals surface area contributed by atoms with E-state index in [9.17, 15) is 18.3 Å². The predicted octanol–water partition coefficient (Wildman–Crippen LogP) is 2.82. The van der Waals surface area contributed by atoms with Crippen molar-refractivity contribution < 1.29 is 23.1 Å². The number of pyridine rings is 1. The average Bonchev–Trinajstić information content (AvgIpc) is 2.45. The summed E-state index contributed by atoms with van der Waals surface area (Å²) in [4.78, 5) is 15.3. The van der Waals surface area contributed by atoms with Gasteiger partial charge in [0, 0.05) is 35.3 Å². The predicted molar refractivity (Wildman–Crippen MR) is 86.0 cm³/mol. The molecule has 0 radical (unpaired) electrons. The van der Waals surface area contributed by atoms with E-state index in [1.54, 1.807) is 13.0 Å². The maximum absolute atomic E-state index is 11.8. The van der Waals surface area contributed by atoms with Crippen LogP contribution in [-0.2, 0) is 9.84 Å². The Morgan fingerprint density at radius 1 is 1.26 bits per heavy atom. The molecule has 1 N–H and O–H groups in total. The van der Waals surface area contributed by atoms with Crippen LogP contribution in [0.25, 0.3) is 11.1 Å². The molecule has 0 aliphatic rings. The highest BCUT2D eigenvalue weighted by molar-refractivity contribution is 7.90. The van der Waals surface area contributed by atoms with Crippen LogP contribution in [0.3, 0.4) is 0 Å². The highest BCUT2D eigenvalue weighted by Crippen LogP contribution is 2.38. The molecule has 8 heteroatoms. The number of sulfone groups is 1. The lowest BCUT2D eigenvalue weighted by Gasteiger charge is -2.14. The second-order valence-corrected chi connectivity index (χ2v) is 7.32. The summed E-state index contributed by atoms with van der Waals surface area (Å²) >= 11 is 6.07. The van der Waals surface area contributed by atoms with Gasteiger partial charge in [-0.25, -0.2) is 13.2 Å². The molecule has 0 saturated carbocycles. The number of nitrogens with zero attached hydrogens (tertiary/aromatic N) is 1. The first kappa shape index (κ1) is 17.2. The normalized spacial score (nSPS) is 11.3. The molecule has 0 aliphatic heterocycles. The van der Waals surface area contributed by atoms with Crippen molar-refractivity contribution in [3.63, 3.8) is 0 Å². The Hall–Kier alpha value is -2.12. The highest BCUT2D eigenvalue weighted by Gasteiger charge is 2.21. The van der Waals surface area contributed by atoms with Crippen molar-refractivity contribution in [2.24, 2.45) is 0 Å². The van der Waals surface area contributed by atoms with Crippen LogP contribution >= 0.6 is 11.6 Å². The second-order valence-electron chi connectivity index (χ2n) is 4.93. The van der Waals surface area contributed by atoms with E-state index in [1.807, 2.05) is 0 Å². The van der Waals surface area contributed by atoms with Gasteiger partial charge >= 0.3 is 5.97 Å². The molecular formula is C15H14ClNO5S. The zero-order valence-corrected chi connectivity index (χ0v) is 14.2. The zero-order chi connectivity index (χ0) is 17.4. The summed E-state index contributed by atoms with van der Waals surface area (Å²) in [6.07, 6.45) is 2.28. The number of ether oxygens (including phenoxy) is 1. The van der Waals surface area contributed by atoms with Crippen molar-refractivity contribution in [1.82, 2.24) is 4.98 Å². The topological polar surface area (TPSA) is 93.6 Å². The van der Waals surface area contributed by atoms with E-state index in [-0.39, 0.29) is 21.2 Å². The van der Waals surface area contributed by atoms with Crippen molar-refractivity contribution in [1.29, 1.82) is 0 Å². The molecular weight excluding hydrogens is 342 g/mol. The van der Waals surface area contributed by atoms with Gasteiger partial charge in [0.25, 0.3) is 0 Å². The highest BCUT2D eigenvalue weighted by atomic mass is 35.5. The lowest BCUT2D eigenvalue weighted by Crippen LogP contribution is -2.04. The SMILES string of the molecule is COc1cc(S(C)(=O)=O)c(Cl)cc1-c1cc(C)ncc1C(=O)O. The number of carboxylic acids is 1. The van der Waals surface area contributed by atoms with E-state index in [1.165, 1.54) is 25.4 Å². The number of hydrogen-bond acceptors (Lipinski definition) is 5. The van der Waals surface area contributed by atoms with Crippen LogP contribution in [0.15, 0.2) is 29.3 Å². The van der Waals surface area contributed by atoms with Crippen LogP contribution in [0, 0.1) is 6.92 Å². The van der Waals surface area contributed by atoms with Gasteiger partial charge in [-0.2, -0.15) is 0 Å². The quantitative estimate of drug-likeness (QED) is 0.906. The van der Waals surface area contributed by atoms with Crippen LogP contribution < -0.4 is 4.74 Å². The first-order chi connectivity index (χ1) is 10.6. The molecule has 23 heavy (non-hydrogen) atoms. The van der Waals surface area contributed by atoms with Gasteiger partial charge in [0.1, 0.15) is 5.75 Å². The van der Waals surface area contributed by atoms with Gasteiger partial charge in [0.15, 0.2) is 9.84 Å². The van der Waals surface area contributed by atoms with E-state index in [2.05, 4.69) is 4.98 Å². The van der Waals surface area contributed by atoms with Crippen LogP contribution in [0.2, 0.25) is 5.02 Å². The van der Waals surface area contributed by atoms with Crippen LogP contribution in [0.4, 0.5) is 0 Å². The maximum atomic E-state index is 11.8. The van der Waals surface area contributed by atoms with Crippen LogP contribution in [0.5, 0.6) is 5.75 Å². The van der Waals surface area contributed by atoms with Gasteiger partial charge in [-0.05, 0) is 19.1 Å². The minimum atomic E-state index is -3.54. The third-order valence-electron chi connectivity index (χ3n) is 3.21. The smallest absolute Gasteiger partial charge is 0.337 e. The number of benzene rings is 1. The van der Waals surface area contributed by atoms with Crippen molar-refractivity contribution in [3.8, 4) is 16.9 Å². The van der Waals surface area contributed by atoms with Gasteiger partial charge in [0.2, 0.25) is 0 Å². The Morgan fingerprint density at radius 2 is 1.91 bits per heavy atom.